The molecule has 1 aromatic heterocycles. The summed E-state index contributed by atoms with van der Waals surface area (Å²) in [5, 5.41) is 8.46. The van der Waals surface area contributed by atoms with Crippen molar-refractivity contribution < 1.29 is 4.39 Å². The topological polar surface area (TPSA) is 49.3 Å². The van der Waals surface area contributed by atoms with E-state index >= 15 is 0 Å². The maximum absolute atomic E-state index is 13.5. The fourth-order valence-corrected chi connectivity index (χ4v) is 3.60. The zero-order valence-electron chi connectivity index (χ0n) is 13.1. The van der Waals surface area contributed by atoms with Crippen molar-refractivity contribution in [2.24, 2.45) is 4.99 Å². The SMILES string of the molecule is CN=C(NCCCSc1nccs1)NCCc1ccccc1F. The van der Waals surface area contributed by atoms with Gasteiger partial charge in [0, 0.05) is 37.5 Å². The lowest BCUT2D eigenvalue weighted by Crippen LogP contribution is -2.38. The summed E-state index contributed by atoms with van der Waals surface area (Å²) >= 11 is 3.44. The second-order valence-electron chi connectivity index (χ2n) is 4.77. The molecule has 0 radical (unpaired) electrons. The van der Waals surface area contributed by atoms with Crippen LogP contribution in [0, 0.1) is 5.82 Å². The molecule has 124 valence electrons. The van der Waals surface area contributed by atoms with Gasteiger partial charge in [-0.3, -0.25) is 4.99 Å². The quantitative estimate of drug-likeness (QED) is 0.332. The second-order valence-corrected chi connectivity index (χ2v) is 7.00. The van der Waals surface area contributed by atoms with E-state index in [1.807, 2.05) is 23.7 Å². The number of nitrogens with zero attached hydrogens (tertiary/aromatic N) is 2. The van der Waals surface area contributed by atoms with Gasteiger partial charge in [-0.1, -0.05) is 30.0 Å². The number of rotatable bonds is 8. The number of aromatic nitrogens is 1. The number of hydrogen-bond acceptors (Lipinski definition) is 4. The van der Waals surface area contributed by atoms with Gasteiger partial charge in [0.1, 0.15) is 10.2 Å². The average Bonchev–Trinajstić information content (AvgIpc) is 3.08. The molecule has 7 heteroatoms. The number of hydrogen-bond donors (Lipinski definition) is 2. The molecule has 0 saturated carbocycles. The first kappa shape index (κ1) is 17.7. The van der Waals surface area contributed by atoms with Crippen LogP contribution in [0.15, 0.2) is 45.2 Å². The predicted octanol–water partition coefficient (Wildman–Crippen LogP) is 3.17. The van der Waals surface area contributed by atoms with Gasteiger partial charge >= 0.3 is 0 Å². The van der Waals surface area contributed by atoms with Crippen molar-refractivity contribution in [2.75, 3.05) is 25.9 Å². The normalized spacial score (nSPS) is 11.5. The molecule has 0 amide bonds. The summed E-state index contributed by atoms with van der Waals surface area (Å²) in [6.07, 6.45) is 3.48. The third-order valence-corrected chi connectivity index (χ3v) is 5.17. The minimum Gasteiger partial charge on any atom is -0.356 e. The second kappa shape index (κ2) is 10.2. The first-order valence-corrected chi connectivity index (χ1v) is 9.36. The molecule has 2 N–H and O–H groups in total. The van der Waals surface area contributed by atoms with Crippen LogP contribution in [0.5, 0.6) is 0 Å². The van der Waals surface area contributed by atoms with Crippen LogP contribution in [0.1, 0.15) is 12.0 Å². The van der Waals surface area contributed by atoms with Crippen LogP contribution in [0.4, 0.5) is 4.39 Å². The van der Waals surface area contributed by atoms with Crippen molar-refractivity contribution in [1.82, 2.24) is 15.6 Å². The Bertz CT molecular complexity index is 602. The number of aliphatic imine (C=N–C) groups is 1. The molecule has 0 bridgehead atoms. The van der Waals surface area contributed by atoms with Crippen LogP contribution < -0.4 is 10.6 Å². The minimum absolute atomic E-state index is 0.156. The molecule has 0 aliphatic heterocycles. The lowest BCUT2D eigenvalue weighted by molar-refractivity contribution is 0.606. The van der Waals surface area contributed by atoms with Gasteiger partial charge in [0.2, 0.25) is 0 Å². The average molecular weight is 353 g/mol. The van der Waals surface area contributed by atoms with Crippen LogP contribution in [0.25, 0.3) is 0 Å². The summed E-state index contributed by atoms with van der Waals surface area (Å²) < 4.78 is 14.6. The molecule has 0 aliphatic rings. The van der Waals surface area contributed by atoms with Gasteiger partial charge in [0.05, 0.1) is 0 Å². The Balaban J connectivity index is 1.59. The maximum atomic E-state index is 13.5. The minimum atomic E-state index is -0.156. The molecule has 0 unspecified atom stereocenters. The molecule has 2 rings (SSSR count). The zero-order valence-corrected chi connectivity index (χ0v) is 14.7. The molecular formula is C16H21FN4S2. The summed E-state index contributed by atoms with van der Waals surface area (Å²) in [6.45, 7) is 1.49. The molecule has 4 nitrogen and oxygen atoms in total. The Kier molecular flexibility index (Phi) is 7.89. The largest absolute Gasteiger partial charge is 0.356 e. The maximum Gasteiger partial charge on any atom is 0.190 e. The van der Waals surface area contributed by atoms with Crippen molar-refractivity contribution in [3.63, 3.8) is 0 Å². The van der Waals surface area contributed by atoms with Crippen molar-refractivity contribution >= 4 is 29.1 Å². The highest BCUT2D eigenvalue weighted by molar-refractivity contribution is 8.00. The van der Waals surface area contributed by atoms with E-state index in [-0.39, 0.29) is 5.82 Å². The molecule has 0 atom stereocenters. The number of guanidine groups is 1. The first-order chi connectivity index (χ1) is 11.3. The van der Waals surface area contributed by atoms with E-state index in [0.29, 0.717) is 13.0 Å². The molecule has 0 aliphatic carbocycles. The summed E-state index contributed by atoms with van der Waals surface area (Å²) in [5.41, 5.74) is 0.718. The Labute approximate surface area is 144 Å². The molecule has 1 heterocycles. The van der Waals surface area contributed by atoms with Gasteiger partial charge in [-0.2, -0.15) is 0 Å². The summed E-state index contributed by atoms with van der Waals surface area (Å²) in [4.78, 5) is 8.41. The van der Waals surface area contributed by atoms with Crippen LogP contribution in [-0.4, -0.2) is 36.8 Å². The van der Waals surface area contributed by atoms with E-state index < -0.39 is 0 Å². The van der Waals surface area contributed by atoms with Crippen LogP contribution in [0.3, 0.4) is 0 Å². The van der Waals surface area contributed by atoms with E-state index in [2.05, 4.69) is 20.6 Å². The van der Waals surface area contributed by atoms with Gasteiger partial charge in [0.15, 0.2) is 5.96 Å². The molecular weight excluding hydrogens is 331 g/mol. The van der Waals surface area contributed by atoms with Gasteiger partial charge in [-0.05, 0) is 24.5 Å². The van der Waals surface area contributed by atoms with E-state index in [9.17, 15) is 4.39 Å². The van der Waals surface area contributed by atoms with Crippen LogP contribution in [0.2, 0.25) is 0 Å². The monoisotopic (exact) mass is 352 g/mol. The Hall–Kier alpha value is -1.60. The molecule has 1 aromatic carbocycles. The lowest BCUT2D eigenvalue weighted by atomic mass is 10.1. The highest BCUT2D eigenvalue weighted by Gasteiger charge is 2.02. The number of nitrogens with one attached hydrogen (secondary N) is 2. The van der Waals surface area contributed by atoms with Gasteiger partial charge < -0.3 is 10.6 Å². The summed E-state index contributed by atoms with van der Waals surface area (Å²) in [7, 11) is 1.74. The molecule has 0 saturated heterocycles. The van der Waals surface area contributed by atoms with E-state index in [1.54, 1.807) is 36.2 Å². The smallest absolute Gasteiger partial charge is 0.190 e. The van der Waals surface area contributed by atoms with Gasteiger partial charge in [-0.15, -0.1) is 11.3 Å². The predicted molar refractivity (Wildman–Crippen MR) is 96.9 cm³/mol. The zero-order chi connectivity index (χ0) is 16.3. The third-order valence-electron chi connectivity index (χ3n) is 3.12. The highest BCUT2D eigenvalue weighted by atomic mass is 32.2. The highest BCUT2D eigenvalue weighted by Crippen LogP contribution is 2.20. The fourth-order valence-electron chi connectivity index (χ4n) is 1.96. The molecule has 23 heavy (non-hydrogen) atoms. The Morgan fingerprint density at radius 1 is 1.30 bits per heavy atom. The third kappa shape index (κ3) is 6.58. The van der Waals surface area contributed by atoms with E-state index in [4.69, 9.17) is 0 Å². The lowest BCUT2D eigenvalue weighted by Gasteiger charge is -2.11. The number of thioether (sulfide) groups is 1. The summed E-state index contributed by atoms with van der Waals surface area (Å²) in [5.74, 6) is 1.62. The van der Waals surface area contributed by atoms with Crippen LogP contribution >= 0.6 is 23.1 Å². The Morgan fingerprint density at radius 2 is 2.13 bits per heavy atom. The number of benzene rings is 1. The first-order valence-electron chi connectivity index (χ1n) is 7.50. The fraction of sp³-hybridized carbons (Fsp3) is 0.375. The standard InChI is InChI=1S/C16H21FN4S2/c1-18-15(19-8-4-11-22-16-21-10-12-23-16)20-9-7-13-5-2-3-6-14(13)17/h2-3,5-6,10,12H,4,7-9,11H2,1H3,(H2,18,19,20). The molecule has 2 aromatic rings. The van der Waals surface area contributed by atoms with Gasteiger partial charge in [-0.25, -0.2) is 9.37 Å². The van der Waals surface area contributed by atoms with Crippen molar-refractivity contribution in [3.05, 3.63) is 47.2 Å². The van der Waals surface area contributed by atoms with Crippen molar-refractivity contribution in [1.29, 1.82) is 0 Å². The van der Waals surface area contributed by atoms with Crippen LogP contribution in [-0.2, 0) is 6.42 Å². The summed E-state index contributed by atoms with van der Waals surface area (Å²) in [6, 6.07) is 6.85. The van der Waals surface area contributed by atoms with Crippen molar-refractivity contribution in [2.45, 2.75) is 17.2 Å². The molecule has 0 spiro atoms. The van der Waals surface area contributed by atoms with Crippen molar-refractivity contribution in [3.8, 4) is 0 Å². The van der Waals surface area contributed by atoms with E-state index in [1.165, 1.54) is 6.07 Å². The number of halogens is 1. The molecule has 0 fully saturated rings. The van der Waals surface area contributed by atoms with Gasteiger partial charge in [0.25, 0.3) is 0 Å². The Morgan fingerprint density at radius 3 is 2.87 bits per heavy atom. The number of thiazole rings is 1. The van der Waals surface area contributed by atoms with E-state index in [0.717, 1.165) is 34.6 Å².